The molecule has 26 heavy (non-hydrogen) atoms. The average Bonchev–Trinajstić information content (AvgIpc) is 2.64. The fourth-order valence-electron chi connectivity index (χ4n) is 2.81. The summed E-state index contributed by atoms with van der Waals surface area (Å²) < 4.78 is 18.6. The van der Waals surface area contributed by atoms with Gasteiger partial charge in [0.05, 0.1) is 0 Å². The Morgan fingerprint density at radius 3 is 2.38 bits per heavy atom. The molecule has 4 nitrogen and oxygen atoms in total. The largest absolute Gasteiger partial charge is 0.484 e. The van der Waals surface area contributed by atoms with Gasteiger partial charge in [0, 0.05) is 42.8 Å². The van der Waals surface area contributed by atoms with E-state index in [2.05, 4.69) is 4.90 Å². The summed E-state index contributed by atoms with van der Waals surface area (Å²) in [5.41, 5.74) is 0.888. The van der Waals surface area contributed by atoms with Crippen LogP contribution >= 0.6 is 23.2 Å². The predicted molar refractivity (Wildman–Crippen MR) is 100 cm³/mol. The lowest BCUT2D eigenvalue weighted by Gasteiger charge is -2.34. The molecule has 1 aliphatic heterocycles. The number of hydrogen-bond donors (Lipinski definition) is 0. The Morgan fingerprint density at radius 1 is 1.04 bits per heavy atom. The summed E-state index contributed by atoms with van der Waals surface area (Å²) >= 11 is 11.9. The van der Waals surface area contributed by atoms with Gasteiger partial charge >= 0.3 is 0 Å². The standard InChI is InChI=1S/C19H19Cl2FN2O2/c20-15-2-5-17(6-3-15)26-13-19(25)24-9-7-23(8-10-24)12-14-1-4-16(22)11-18(14)21/h1-6,11H,7-10,12-13H2. The Bertz CT molecular complexity index is 763. The number of carbonyl (C=O) groups is 1. The third-order valence-corrected chi connectivity index (χ3v) is 4.91. The highest BCUT2D eigenvalue weighted by atomic mass is 35.5. The molecule has 0 spiro atoms. The second kappa shape index (κ2) is 8.71. The van der Waals surface area contributed by atoms with Crippen LogP contribution in [0.3, 0.4) is 0 Å². The zero-order chi connectivity index (χ0) is 18.5. The number of carbonyl (C=O) groups excluding carboxylic acids is 1. The van der Waals surface area contributed by atoms with Crippen molar-refractivity contribution in [3.63, 3.8) is 0 Å². The maximum Gasteiger partial charge on any atom is 0.260 e. The SMILES string of the molecule is O=C(COc1ccc(Cl)cc1)N1CCN(Cc2ccc(F)cc2Cl)CC1. The van der Waals surface area contributed by atoms with Gasteiger partial charge in [-0.1, -0.05) is 29.3 Å². The highest BCUT2D eigenvalue weighted by molar-refractivity contribution is 6.31. The number of nitrogens with zero attached hydrogens (tertiary/aromatic N) is 2. The van der Waals surface area contributed by atoms with Crippen LogP contribution in [0.5, 0.6) is 5.75 Å². The number of benzene rings is 2. The molecule has 1 saturated heterocycles. The molecule has 3 rings (SSSR count). The fourth-order valence-corrected chi connectivity index (χ4v) is 3.17. The van der Waals surface area contributed by atoms with Crippen molar-refractivity contribution >= 4 is 29.1 Å². The van der Waals surface area contributed by atoms with E-state index in [-0.39, 0.29) is 18.3 Å². The zero-order valence-corrected chi connectivity index (χ0v) is 15.6. The van der Waals surface area contributed by atoms with Crippen molar-refractivity contribution in [2.24, 2.45) is 0 Å². The minimum atomic E-state index is -0.338. The maximum absolute atomic E-state index is 13.1. The second-order valence-electron chi connectivity index (χ2n) is 6.14. The lowest BCUT2D eigenvalue weighted by atomic mass is 10.2. The quantitative estimate of drug-likeness (QED) is 0.769. The molecule has 138 valence electrons. The summed E-state index contributed by atoms with van der Waals surface area (Å²) in [6.07, 6.45) is 0. The third-order valence-electron chi connectivity index (χ3n) is 4.31. The van der Waals surface area contributed by atoms with Gasteiger partial charge in [-0.2, -0.15) is 0 Å². The van der Waals surface area contributed by atoms with Gasteiger partial charge < -0.3 is 9.64 Å². The van der Waals surface area contributed by atoms with Gasteiger partial charge in [-0.05, 0) is 42.0 Å². The van der Waals surface area contributed by atoms with Gasteiger partial charge in [-0.15, -0.1) is 0 Å². The van der Waals surface area contributed by atoms with Crippen molar-refractivity contribution in [2.45, 2.75) is 6.54 Å². The fraction of sp³-hybridized carbons (Fsp3) is 0.316. The van der Waals surface area contributed by atoms with Crippen molar-refractivity contribution < 1.29 is 13.9 Å². The third kappa shape index (κ3) is 5.10. The normalized spacial score (nSPS) is 15.1. The molecule has 1 amide bonds. The van der Waals surface area contributed by atoms with Crippen LogP contribution in [0.4, 0.5) is 4.39 Å². The Kier molecular flexibility index (Phi) is 6.35. The van der Waals surface area contributed by atoms with Crippen molar-refractivity contribution in [2.75, 3.05) is 32.8 Å². The monoisotopic (exact) mass is 396 g/mol. The molecule has 0 aromatic heterocycles. The first-order valence-electron chi connectivity index (χ1n) is 8.34. The molecule has 0 radical (unpaired) electrons. The molecule has 0 bridgehead atoms. The Balaban J connectivity index is 1.45. The van der Waals surface area contributed by atoms with E-state index in [9.17, 15) is 9.18 Å². The number of halogens is 3. The van der Waals surface area contributed by atoms with Gasteiger partial charge in [0.1, 0.15) is 11.6 Å². The number of piperazine rings is 1. The lowest BCUT2D eigenvalue weighted by Crippen LogP contribution is -2.49. The highest BCUT2D eigenvalue weighted by Gasteiger charge is 2.22. The van der Waals surface area contributed by atoms with E-state index >= 15 is 0 Å². The summed E-state index contributed by atoms with van der Waals surface area (Å²) in [7, 11) is 0. The van der Waals surface area contributed by atoms with E-state index < -0.39 is 0 Å². The summed E-state index contributed by atoms with van der Waals surface area (Å²) in [6, 6.07) is 11.4. The molecule has 2 aromatic rings. The van der Waals surface area contributed by atoms with Crippen LogP contribution in [0.25, 0.3) is 0 Å². The van der Waals surface area contributed by atoms with Gasteiger partial charge in [-0.3, -0.25) is 9.69 Å². The van der Waals surface area contributed by atoms with Crippen LogP contribution in [0.15, 0.2) is 42.5 Å². The van der Waals surface area contributed by atoms with Gasteiger partial charge in [0.15, 0.2) is 6.61 Å². The molecule has 1 aliphatic rings. The molecule has 7 heteroatoms. The van der Waals surface area contributed by atoms with E-state index in [4.69, 9.17) is 27.9 Å². The summed E-state index contributed by atoms with van der Waals surface area (Å²) in [5, 5.41) is 1.06. The Hall–Kier alpha value is -1.82. The van der Waals surface area contributed by atoms with Crippen LogP contribution in [-0.2, 0) is 11.3 Å². The number of amides is 1. The van der Waals surface area contributed by atoms with E-state index in [1.54, 1.807) is 35.2 Å². The van der Waals surface area contributed by atoms with Crippen LogP contribution in [0, 0.1) is 5.82 Å². The molecule has 0 N–H and O–H groups in total. The van der Waals surface area contributed by atoms with E-state index in [0.717, 1.165) is 18.7 Å². The van der Waals surface area contributed by atoms with Crippen molar-refractivity contribution in [3.8, 4) is 5.75 Å². The van der Waals surface area contributed by atoms with Gasteiger partial charge in [0.2, 0.25) is 0 Å². The molecule has 1 fully saturated rings. The van der Waals surface area contributed by atoms with Crippen LogP contribution in [-0.4, -0.2) is 48.5 Å². The number of ether oxygens (including phenoxy) is 1. The maximum atomic E-state index is 13.1. The number of hydrogen-bond acceptors (Lipinski definition) is 3. The summed E-state index contributed by atoms with van der Waals surface area (Å²) in [5.74, 6) is 0.238. The van der Waals surface area contributed by atoms with Crippen molar-refractivity contribution in [1.82, 2.24) is 9.80 Å². The molecule has 0 atom stereocenters. The molecule has 0 saturated carbocycles. The van der Waals surface area contributed by atoms with Crippen molar-refractivity contribution in [1.29, 1.82) is 0 Å². The first kappa shape index (κ1) is 19.0. The molecule has 0 aliphatic carbocycles. The van der Waals surface area contributed by atoms with Crippen LogP contribution in [0.2, 0.25) is 10.0 Å². The topological polar surface area (TPSA) is 32.8 Å². The molecular weight excluding hydrogens is 378 g/mol. The predicted octanol–water partition coefficient (Wildman–Crippen LogP) is 3.86. The molecular formula is C19H19Cl2FN2O2. The van der Waals surface area contributed by atoms with E-state index in [0.29, 0.717) is 35.4 Å². The average molecular weight is 397 g/mol. The first-order valence-corrected chi connectivity index (χ1v) is 9.09. The summed E-state index contributed by atoms with van der Waals surface area (Å²) in [6.45, 7) is 3.37. The minimum Gasteiger partial charge on any atom is -0.484 e. The highest BCUT2D eigenvalue weighted by Crippen LogP contribution is 2.20. The van der Waals surface area contributed by atoms with Gasteiger partial charge in [-0.25, -0.2) is 4.39 Å². The summed E-state index contributed by atoms with van der Waals surface area (Å²) in [4.78, 5) is 16.3. The molecule has 1 heterocycles. The van der Waals surface area contributed by atoms with Crippen LogP contribution in [0.1, 0.15) is 5.56 Å². The molecule has 0 unspecified atom stereocenters. The Morgan fingerprint density at radius 2 is 1.73 bits per heavy atom. The second-order valence-corrected chi connectivity index (χ2v) is 6.98. The smallest absolute Gasteiger partial charge is 0.260 e. The lowest BCUT2D eigenvalue weighted by molar-refractivity contribution is -0.135. The van der Waals surface area contributed by atoms with Crippen LogP contribution < -0.4 is 4.74 Å². The molecule has 2 aromatic carbocycles. The van der Waals surface area contributed by atoms with E-state index in [1.165, 1.54) is 12.1 Å². The van der Waals surface area contributed by atoms with E-state index in [1.807, 2.05) is 0 Å². The minimum absolute atomic E-state index is 0.00538. The first-order chi connectivity index (χ1) is 12.5. The number of rotatable bonds is 5. The Labute approximate surface area is 162 Å². The zero-order valence-electron chi connectivity index (χ0n) is 14.1. The van der Waals surface area contributed by atoms with Gasteiger partial charge in [0.25, 0.3) is 5.91 Å². The van der Waals surface area contributed by atoms with Crippen molar-refractivity contribution in [3.05, 3.63) is 63.9 Å².